The number of benzene rings is 1. The van der Waals surface area contributed by atoms with Crippen LogP contribution in [0.5, 0.6) is 0 Å². The van der Waals surface area contributed by atoms with E-state index in [4.69, 9.17) is 5.73 Å². The molecule has 0 spiro atoms. The second-order valence-corrected chi connectivity index (χ2v) is 6.48. The summed E-state index contributed by atoms with van der Waals surface area (Å²) in [6.07, 6.45) is 6.51. The molecule has 2 aromatic rings. The SMILES string of the molecule is NC(=O)c1nn(CC(=O)NC2CCCCCC2)c(=O)c2ccccc12. The fraction of sp³-hybridized carbons (Fsp3) is 0.444. The van der Waals surface area contributed by atoms with Gasteiger partial charge in [0.1, 0.15) is 6.54 Å². The Hall–Kier alpha value is -2.70. The number of primary amides is 1. The smallest absolute Gasteiger partial charge is 0.275 e. The summed E-state index contributed by atoms with van der Waals surface area (Å²) >= 11 is 0. The van der Waals surface area contributed by atoms with Crippen LogP contribution in [0.2, 0.25) is 0 Å². The van der Waals surface area contributed by atoms with Gasteiger partial charge >= 0.3 is 0 Å². The highest BCUT2D eigenvalue weighted by Gasteiger charge is 2.18. The van der Waals surface area contributed by atoms with E-state index in [0.29, 0.717) is 10.8 Å². The lowest BCUT2D eigenvalue weighted by molar-refractivity contribution is -0.122. The molecule has 0 aliphatic heterocycles. The average molecular weight is 342 g/mol. The molecule has 25 heavy (non-hydrogen) atoms. The number of aromatic nitrogens is 2. The van der Waals surface area contributed by atoms with E-state index in [1.165, 1.54) is 12.8 Å². The van der Waals surface area contributed by atoms with E-state index < -0.39 is 11.5 Å². The fourth-order valence-corrected chi connectivity index (χ4v) is 3.36. The van der Waals surface area contributed by atoms with Gasteiger partial charge in [-0.1, -0.05) is 43.9 Å². The lowest BCUT2D eigenvalue weighted by Crippen LogP contribution is -2.40. The molecule has 2 amide bonds. The molecule has 7 heteroatoms. The molecule has 1 aromatic carbocycles. The number of nitrogens with two attached hydrogens (primary N) is 1. The Kier molecular flexibility index (Phi) is 5.11. The van der Waals surface area contributed by atoms with E-state index in [1.54, 1.807) is 24.3 Å². The first-order valence-electron chi connectivity index (χ1n) is 8.65. The van der Waals surface area contributed by atoms with Gasteiger partial charge in [-0.05, 0) is 18.9 Å². The first kappa shape index (κ1) is 17.1. The molecule has 1 fully saturated rings. The van der Waals surface area contributed by atoms with Gasteiger partial charge < -0.3 is 11.1 Å². The van der Waals surface area contributed by atoms with Gasteiger partial charge in [-0.2, -0.15) is 5.10 Å². The van der Waals surface area contributed by atoms with Crippen molar-refractivity contribution in [1.82, 2.24) is 15.1 Å². The van der Waals surface area contributed by atoms with Gasteiger partial charge in [0.05, 0.1) is 5.39 Å². The zero-order valence-corrected chi connectivity index (χ0v) is 14.0. The van der Waals surface area contributed by atoms with Crippen LogP contribution in [0.1, 0.15) is 49.0 Å². The average Bonchev–Trinajstić information content (AvgIpc) is 2.86. The minimum Gasteiger partial charge on any atom is -0.364 e. The van der Waals surface area contributed by atoms with Gasteiger partial charge in [0.25, 0.3) is 11.5 Å². The van der Waals surface area contributed by atoms with Crippen LogP contribution in [-0.2, 0) is 11.3 Å². The number of amides is 2. The Morgan fingerprint density at radius 3 is 2.40 bits per heavy atom. The minimum atomic E-state index is -0.728. The molecule has 132 valence electrons. The highest BCUT2D eigenvalue weighted by atomic mass is 16.2. The monoisotopic (exact) mass is 342 g/mol. The number of fused-ring (bicyclic) bond motifs is 1. The molecule has 1 saturated carbocycles. The van der Waals surface area contributed by atoms with E-state index >= 15 is 0 Å². The third kappa shape index (κ3) is 3.87. The standard InChI is InChI=1S/C18H22N4O3/c19-17(24)16-13-9-5-6-10-14(13)18(25)22(21-16)11-15(23)20-12-7-3-1-2-4-8-12/h5-6,9-10,12H,1-4,7-8,11H2,(H2,19,24)(H,20,23). The van der Waals surface area contributed by atoms with E-state index in [0.717, 1.165) is 30.4 Å². The van der Waals surface area contributed by atoms with Gasteiger partial charge in [-0.3, -0.25) is 14.4 Å². The highest BCUT2D eigenvalue weighted by molar-refractivity contribution is 6.04. The maximum Gasteiger partial charge on any atom is 0.275 e. The van der Waals surface area contributed by atoms with Crippen LogP contribution in [-0.4, -0.2) is 27.6 Å². The Morgan fingerprint density at radius 2 is 1.76 bits per heavy atom. The molecule has 1 aliphatic carbocycles. The van der Waals surface area contributed by atoms with Crippen LogP contribution < -0.4 is 16.6 Å². The second-order valence-electron chi connectivity index (χ2n) is 6.48. The Balaban J connectivity index is 1.85. The zero-order valence-electron chi connectivity index (χ0n) is 14.0. The summed E-state index contributed by atoms with van der Waals surface area (Å²) in [5, 5.41) is 7.73. The van der Waals surface area contributed by atoms with Crippen LogP contribution in [0.15, 0.2) is 29.1 Å². The third-order valence-electron chi connectivity index (χ3n) is 4.61. The Bertz CT molecular complexity index is 851. The van der Waals surface area contributed by atoms with Crippen LogP contribution in [0.3, 0.4) is 0 Å². The molecule has 0 saturated heterocycles. The second kappa shape index (κ2) is 7.46. The van der Waals surface area contributed by atoms with Crippen LogP contribution in [0.4, 0.5) is 0 Å². The van der Waals surface area contributed by atoms with Crippen LogP contribution in [0, 0.1) is 0 Å². The molecular weight excluding hydrogens is 320 g/mol. The van der Waals surface area contributed by atoms with E-state index in [2.05, 4.69) is 10.4 Å². The van der Waals surface area contributed by atoms with Crippen molar-refractivity contribution >= 4 is 22.6 Å². The van der Waals surface area contributed by atoms with Crippen molar-refractivity contribution in [2.45, 2.75) is 51.1 Å². The normalized spacial score (nSPS) is 15.7. The molecule has 0 unspecified atom stereocenters. The quantitative estimate of drug-likeness (QED) is 0.817. The number of carbonyl (C=O) groups is 2. The molecule has 1 aliphatic rings. The van der Waals surface area contributed by atoms with Gasteiger partial charge in [-0.25, -0.2) is 4.68 Å². The summed E-state index contributed by atoms with van der Waals surface area (Å²) in [6, 6.07) is 6.77. The first-order chi connectivity index (χ1) is 12.1. The number of nitrogens with zero attached hydrogens (tertiary/aromatic N) is 2. The molecule has 1 heterocycles. The van der Waals surface area contributed by atoms with Crippen LogP contribution in [0.25, 0.3) is 10.8 Å². The predicted molar refractivity (Wildman–Crippen MR) is 94.2 cm³/mol. The molecule has 0 radical (unpaired) electrons. The minimum absolute atomic E-state index is 0.00235. The van der Waals surface area contributed by atoms with Crippen molar-refractivity contribution in [3.8, 4) is 0 Å². The third-order valence-corrected chi connectivity index (χ3v) is 4.61. The molecule has 0 bridgehead atoms. The maximum absolute atomic E-state index is 12.6. The number of hydrogen-bond acceptors (Lipinski definition) is 4. The maximum atomic E-state index is 12.6. The van der Waals surface area contributed by atoms with Gasteiger partial charge in [0.15, 0.2) is 5.69 Å². The van der Waals surface area contributed by atoms with E-state index in [-0.39, 0.29) is 24.2 Å². The largest absolute Gasteiger partial charge is 0.364 e. The van der Waals surface area contributed by atoms with Crippen molar-refractivity contribution in [2.24, 2.45) is 5.73 Å². The summed E-state index contributed by atoms with van der Waals surface area (Å²) < 4.78 is 1.02. The topological polar surface area (TPSA) is 107 Å². The number of hydrogen-bond donors (Lipinski definition) is 2. The van der Waals surface area contributed by atoms with E-state index in [1.807, 2.05) is 0 Å². The van der Waals surface area contributed by atoms with Crippen molar-refractivity contribution < 1.29 is 9.59 Å². The predicted octanol–water partition coefficient (Wildman–Crippen LogP) is 1.33. The first-order valence-corrected chi connectivity index (χ1v) is 8.65. The number of rotatable bonds is 4. The molecule has 1 aromatic heterocycles. The molecule has 7 nitrogen and oxygen atoms in total. The molecule has 3 N–H and O–H groups in total. The lowest BCUT2D eigenvalue weighted by Gasteiger charge is -2.16. The highest BCUT2D eigenvalue weighted by Crippen LogP contribution is 2.17. The number of carbonyl (C=O) groups excluding carboxylic acids is 2. The Labute approximate surface area is 145 Å². The molecule has 0 atom stereocenters. The zero-order chi connectivity index (χ0) is 17.8. The van der Waals surface area contributed by atoms with Gasteiger partial charge in [-0.15, -0.1) is 0 Å². The van der Waals surface area contributed by atoms with Crippen molar-refractivity contribution in [2.75, 3.05) is 0 Å². The van der Waals surface area contributed by atoms with Gasteiger partial charge in [0, 0.05) is 11.4 Å². The van der Waals surface area contributed by atoms with Gasteiger partial charge in [0.2, 0.25) is 5.91 Å². The summed E-state index contributed by atoms with van der Waals surface area (Å²) in [4.78, 5) is 36.6. The lowest BCUT2D eigenvalue weighted by atomic mass is 10.1. The summed E-state index contributed by atoms with van der Waals surface area (Å²) in [6.45, 7) is -0.222. The van der Waals surface area contributed by atoms with Crippen molar-refractivity contribution in [3.63, 3.8) is 0 Å². The molecule has 3 rings (SSSR count). The van der Waals surface area contributed by atoms with Crippen LogP contribution >= 0.6 is 0 Å². The fourth-order valence-electron chi connectivity index (χ4n) is 3.36. The summed E-state index contributed by atoms with van der Waals surface area (Å²) in [5.74, 6) is -0.999. The summed E-state index contributed by atoms with van der Waals surface area (Å²) in [5.41, 5.74) is 4.97. The number of nitrogens with one attached hydrogen (secondary N) is 1. The molecular formula is C18H22N4O3. The van der Waals surface area contributed by atoms with Crippen molar-refractivity contribution in [1.29, 1.82) is 0 Å². The van der Waals surface area contributed by atoms with Crippen molar-refractivity contribution in [3.05, 3.63) is 40.3 Å². The Morgan fingerprint density at radius 1 is 1.12 bits per heavy atom. The van der Waals surface area contributed by atoms with E-state index in [9.17, 15) is 14.4 Å². The summed E-state index contributed by atoms with van der Waals surface area (Å²) in [7, 11) is 0.